The molecule has 0 unspecified atom stereocenters. The van der Waals surface area contributed by atoms with Gasteiger partial charge in [0, 0.05) is 17.0 Å². The van der Waals surface area contributed by atoms with Crippen LogP contribution in [0.4, 0.5) is 5.69 Å². The number of amides is 2. The van der Waals surface area contributed by atoms with E-state index in [0.717, 1.165) is 0 Å². The van der Waals surface area contributed by atoms with Crippen molar-refractivity contribution >= 4 is 46.8 Å². The maximum Gasteiger partial charge on any atom is 0.339 e. The zero-order chi connectivity index (χ0) is 23.7. The lowest BCUT2D eigenvalue weighted by Crippen LogP contribution is -2.31. The third-order valence-electron chi connectivity index (χ3n) is 4.00. The molecule has 0 heterocycles. The van der Waals surface area contributed by atoms with Gasteiger partial charge in [-0.2, -0.15) is 0 Å². The molecule has 10 heteroatoms. The Labute approximate surface area is 195 Å². The van der Waals surface area contributed by atoms with Gasteiger partial charge in [-0.1, -0.05) is 23.7 Å². The van der Waals surface area contributed by atoms with E-state index in [1.165, 1.54) is 38.1 Å². The number of thioether (sulfide) groups is 1. The molecule has 0 radical (unpaired) electrons. The van der Waals surface area contributed by atoms with Crippen LogP contribution in [-0.2, 0) is 14.3 Å². The van der Waals surface area contributed by atoms with Gasteiger partial charge in [-0.3, -0.25) is 9.59 Å². The molecule has 2 N–H and O–H groups in total. The Balaban J connectivity index is 1.99. The highest BCUT2D eigenvalue weighted by Gasteiger charge is 2.17. The van der Waals surface area contributed by atoms with Crippen LogP contribution in [0.2, 0.25) is 5.02 Å². The summed E-state index contributed by atoms with van der Waals surface area (Å²) in [5, 5.41) is 5.67. The normalized spacial score (nSPS) is 10.4. The highest BCUT2D eigenvalue weighted by Crippen LogP contribution is 2.35. The molecular weight excluding hydrogens is 456 g/mol. The first kappa shape index (κ1) is 25.4. The van der Waals surface area contributed by atoms with E-state index < -0.39 is 18.5 Å². The minimum atomic E-state index is -0.674. The Hall–Kier alpha value is -2.91. The predicted molar refractivity (Wildman–Crippen MR) is 124 cm³/mol. The molecule has 2 rings (SSSR count). The lowest BCUT2D eigenvalue weighted by atomic mass is 10.2. The predicted octanol–water partition coefficient (Wildman–Crippen LogP) is 3.77. The molecule has 8 nitrogen and oxygen atoms in total. The number of nitrogens with one attached hydrogen (secondary N) is 2. The van der Waals surface area contributed by atoms with Crippen molar-refractivity contribution in [2.24, 2.45) is 0 Å². The Morgan fingerprint density at radius 3 is 2.38 bits per heavy atom. The Bertz CT molecular complexity index is 983. The smallest absolute Gasteiger partial charge is 0.339 e. The Kier molecular flexibility index (Phi) is 9.67. The molecule has 0 atom stereocenters. The number of hydrogen-bond acceptors (Lipinski definition) is 7. The van der Waals surface area contributed by atoms with Crippen molar-refractivity contribution in [1.29, 1.82) is 0 Å². The van der Waals surface area contributed by atoms with E-state index in [1.54, 1.807) is 24.3 Å². The van der Waals surface area contributed by atoms with Crippen LogP contribution in [0.25, 0.3) is 0 Å². The maximum atomic E-state index is 12.5. The van der Waals surface area contributed by atoms with Crippen molar-refractivity contribution in [2.45, 2.75) is 24.8 Å². The number of halogens is 1. The molecule has 0 aromatic heterocycles. The van der Waals surface area contributed by atoms with Gasteiger partial charge < -0.3 is 24.8 Å². The van der Waals surface area contributed by atoms with Crippen LogP contribution in [0.5, 0.6) is 11.5 Å². The average Bonchev–Trinajstić information content (AvgIpc) is 2.76. The topological polar surface area (TPSA) is 103 Å². The molecule has 2 amide bonds. The standard InChI is InChI=1S/C22H25ClN2O6S/c1-13(2)24-21(27)12-32-19-8-6-5-7-14(19)22(28)31-11-20(26)25-16-9-15(23)17(29-3)10-18(16)30-4/h5-10,13H,11-12H2,1-4H3,(H,24,27)(H,25,26). The van der Waals surface area contributed by atoms with Crippen LogP contribution in [0.3, 0.4) is 0 Å². The van der Waals surface area contributed by atoms with E-state index in [0.29, 0.717) is 22.1 Å². The molecule has 0 aliphatic heterocycles. The van der Waals surface area contributed by atoms with E-state index in [-0.39, 0.29) is 28.3 Å². The molecule has 0 spiro atoms. The summed E-state index contributed by atoms with van der Waals surface area (Å²) in [7, 11) is 2.90. The van der Waals surface area contributed by atoms with E-state index in [9.17, 15) is 14.4 Å². The first-order chi connectivity index (χ1) is 15.2. The molecule has 0 fully saturated rings. The van der Waals surface area contributed by atoms with Gasteiger partial charge in [0.2, 0.25) is 5.91 Å². The summed E-state index contributed by atoms with van der Waals surface area (Å²) < 4.78 is 15.5. The summed E-state index contributed by atoms with van der Waals surface area (Å²) in [5.41, 5.74) is 0.583. The second kappa shape index (κ2) is 12.2. The minimum Gasteiger partial charge on any atom is -0.495 e. The molecule has 0 saturated heterocycles. The van der Waals surface area contributed by atoms with Gasteiger partial charge in [0.05, 0.1) is 36.2 Å². The van der Waals surface area contributed by atoms with E-state index >= 15 is 0 Å². The Morgan fingerprint density at radius 2 is 1.72 bits per heavy atom. The molecule has 32 heavy (non-hydrogen) atoms. The maximum absolute atomic E-state index is 12.5. The molecule has 172 valence electrons. The van der Waals surface area contributed by atoms with Crippen molar-refractivity contribution < 1.29 is 28.6 Å². The first-order valence-corrected chi connectivity index (χ1v) is 11.0. The zero-order valence-corrected chi connectivity index (χ0v) is 19.8. The number of anilines is 1. The van der Waals surface area contributed by atoms with E-state index in [1.807, 2.05) is 13.8 Å². The highest BCUT2D eigenvalue weighted by molar-refractivity contribution is 8.00. The number of benzene rings is 2. The van der Waals surface area contributed by atoms with E-state index in [2.05, 4.69) is 10.6 Å². The fourth-order valence-corrected chi connectivity index (χ4v) is 3.71. The van der Waals surface area contributed by atoms with Gasteiger partial charge in [-0.05, 0) is 32.0 Å². The van der Waals surface area contributed by atoms with Gasteiger partial charge >= 0.3 is 5.97 Å². The molecule has 0 bridgehead atoms. The van der Waals surface area contributed by atoms with Crippen molar-refractivity contribution in [2.75, 3.05) is 31.9 Å². The second-order valence-electron chi connectivity index (χ2n) is 6.82. The monoisotopic (exact) mass is 480 g/mol. The number of ether oxygens (including phenoxy) is 3. The SMILES string of the molecule is COc1cc(OC)c(NC(=O)COC(=O)c2ccccc2SCC(=O)NC(C)C)cc1Cl. The number of rotatable bonds is 10. The number of methoxy groups -OCH3 is 2. The van der Waals surface area contributed by atoms with Gasteiger partial charge in [-0.25, -0.2) is 4.79 Å². The summed E-state index contributed by atoms with van der Waals surface area (Å²) in [4.78, 5) is 37.3. The van der Waals surface area contributed by atoms with Crippen molar-refractivity contribution in [1.82, 2.24) is 5.32 Å². The number of carbonyl (C=O) groups excluding carboxylic acids is 3. The Morgan fingerprint density at radius 1 is 1.03 bits per heavy atom. The molecular formula is C22H25ClN2O6S. The molecule has 2 aromatic rings. The quantitative estimate of drug-likeness (QED) is 0.394. The summed E-state index contributed by atoms with van der Waals surface area (Å²) >= 11 is 7.31. The molecule has 0 saturated carbocycles. The molecule has 0 aliphatic carbocycles. The van der Waals surface area contributed by atoms with Crippen molar-refractivity contribution in [3.8, 4) is 11.5 Å². The lowest BCUT2D eigenvalue weighted by Gasteiger charge is -2.13. The lowest BCUT2D eigenvalue weighted by molar-refractivity contribution is -0.119. The third-order valence-corrected chi connectivity index (χ3v) is 5.37. The van der Waals surface area contributed by atoms with Crippen LogP contribution in [0.15, 0.2) is 41.3 Å². The fraction of sp³-hybridized carbons (Fsp3) is 0.318. The van der Waals surface area contributed by atoms with Crippen molar-refractivity contribution in [3.05, 3.63) is 47.0 Å². The van der Waals surface area contributed by atoms with Gasteiger partial charge in [-0.15, -0.1) is 11.8 Å². The van der Waals surface area contributed by atoms with Crippen LogP contribution < -0.4 is 20.1 Å². The zero-order valence-electron chi connectivity index (χ0n) is 18.2. The van der Waals surface area contributed by atoms with Crippen LogP contribution >= 0.6 is 23.4 Å². The van der Waals surface area contributed by atoms with Crippen LogP contribution in [0.1, 0.15) is 24.2 Å². The average molecular weight is 481 g/mol. The number of esters is 1. The number of hydrogen-bond donors (Lipinski definition) is 2. The molecule has 0 aliphatic rings. The summed E-state index contributed by atoms with van der Waals surface area (Å²) in [5.74, 6) is -0.497. The third kappa shape index (κ3) is 7.35. The van der Waals surface area contributed by atoms with Gasteiger partial charge in [0.1, 0.15) is 11.5 Å². The summed E-state index contributed by atoms with van der Waals surface area (Å²) in [6, 6.07) is 9.77. The van der Waals surface area contributed by atoms with Crippen LogP contribution in [-0.4, -0.2) is 50.4 Å². The summed E-state index contributed by atoms with van der Waals surface area (Å²) in [6.45, 7) is 3.22. The van der Waals surface area contributed by atoms with Gasteiger partial charge in [0.25, 0.3) is 5.91 Å². The first-order valence-electron chi connectivity index (χ1n) is 9.64. The number of carbonyl (C=O) groups is 3. The van der Waals surface area contributed by atoms with Crippen molar-refractivity contribution in [3.63, 3.8) is 0 Å². The van der Waals surface area contributed by atoms with E-state index in [4.69, 9.17) is 25.8 Å². The van der Waals surface area contributed by atoms with Crippen LogP contribution in [0, 0.1) is 0 Å². The second-order valence-corrected chi connectivity index (χ2v) is 8.24. The largest absolute Gasteiger partial charge is 0.495 e. The fourth-order valence-electron chi connectivity index (χ4n) is 2.62. The summed E-state index contributed by atoms with van der Waals surface area (Å²) in [6.07, 6.45) is 0. The minimum absolute atomic E-state index is 0.0287. The molecule has 2 aromatic carbocycles. The van der Waals surface area contributed by atoms with Gasteiger partial charge in [0.15, 0.2) is 6.61 Å². The highest BCUT2D eigenvalue weighted by atomic mass is 35.5.